The van der Waals surface area contributed by atoms with Crippen LogP contribution in [0.3, 0.4) is 0 Å². The van der Waals surface area contributed by atoms with E-state index in [0.29, 0.717) is 29.5 Å². The lowest BCUT2D eigenvalue weighted by atomic mass is 9.91. The van der Waals surface area contributed by atoms with Crippen molar-refractivity contribution in [1.29, 1.82) is 0 Å². The zero-order valence-corrected chi connectivity index (χ0v) is 34.0. The number of aliphatic imine (C=N–C) groups is 1. The Morgan fingerprint density at radius 2 is 1.64 bits per heavy atom. The van der Waals surface area contributed by atoms with Crippen LogP contribution in [0, 0.1) is 19.8 Å². The molecule has 9 heteroatoms. The van der Waals surface area contributed by atoms with Crippen LogP contribution in [-0.2, 0) is 12.8 Å². The lowest BCUT2D eigenvalue weighted by Gasteiger charge is -2.28. The third kappa shape index (κ3) is 8.77. The number of fused-ring (bicyclic) bond motifs is 1. The number of hydrogen-bond donors (Lipinski definition) is 0. The fourth-order valence-electron chi connectivity index (χ4n) is 7.86. The van der Waals surface area contributed by atoms with Crippen LogP contribution < -0.4 is 4.90 Å². The summed E-state index contributed by atoms with van der Waals surface area (Å²) >= 11 is 0. The molecule has 1 aliphatic heterocycles. The number of rotatable bonds is 13. The van der Waals surface area contributed by atoms with Crippen LogP contribution in [0.25, 0.3) is 28.7 Å². The van der Waals surface area contributed by atoms with Gasteiger partial charge in [0, 0.05) is 79.4 Å². The molecule has 4 heterocycles. The van der Waals surface area contributed by atoms with Crippen LogP contribution in [0.2, 0.25) is 0 Å². The normalized spacial score (nSPS) is 15.9. The monoisotopic (exact) mass is 735 g/mol. The maximum Gasteiger partial charge on any atom is 0.239 e. The van der Waals surface area contributed by atoms with Gasteiger partial charge < -0.3 is 9.80 Å². The predicted octanol–water partition coefficient (Wildman–Crippen LogP) is 10.1. The van der Waals surface area contributed by atoms with Crippen molar-refractivity contribution in [2.75, 3.05) is 25.5 Å². The Labute approximate surface area is 328 Å². The van der Waals surface area contributed by atoms with Crippen molar-refractivity contribution in [3.63, 3.8) is 0 Å². The van der Waals surface area contributed by atoms with Gasteiger partial charge in [0.1, 0.15) is 5.84 Å². The molecule has 9 nitrogen and oxygen atoms in total. The molecule has 55 heavy (non-hydrogen) atoms. The largest absolute Gasteiger partial charge is 0.355 e. The fraction of sp³-hybridized carbons (Fsp3) is 0.391. The van der Waals surface area contributed by atoms with E-state index < -0.39 is 0 Å². The smallest absolute Gasteiger partial charge is 0.239 e. The van der Waals surface area contributed by atoms with Gasteiger partial charge in [0.2, 0.25) is 11.9 Å². The lowest BCUT2D eigenvalue weighted by Crippen LogP contribution is -2.29. The first kappa shape index (κ1) is 39.3. The maximum atomic E-state index is 5.37. The third-order valence-corrected chi connectivity index (χ3v) is 10.9. The number of benzene rings is 1. The second kappa shape index (κ2) is 18.3. The molecule has 3 aromatic heterocycles. The number of allylic oxidation sites excluding steroid dienone is 8. The molecule has 0 bridgehead atoms. The first-order valence-corrected chi connectivity index (χ1v) is 20.0. The Balaban J connectivity index is 1.63. The number of anilines is 1. The zero-order chi connectivity index (χ0) is 38.9. The van der Waals surface area contributed by atoms with E-state index in [1.165, 1.54) is 28.1 Å². The first-order valence-electron chi connectivity index (χ1n) is 20.0. The van der Waals surface area contributed by atoms with E-state index in [1.807, 2.05) is 12.3 Å². The van der Waals surface area contributed by atoms with Crippen molar-refractivity contribution in [1.82, 2.24) is 34.4 Å². The van der Waals surface area contributed by atoms with Gasteiger partial charge in [-0.3, -0.25) is 4.57 Å². The SMILES string of the molecule is CC=CCC/C(=C(\CC)C(C)CCC)N(C)c1nc(-c2cc(C3=NC=CCN3C)cc(-c3ncccn3)c2)nc(-n2c(C)c(C)c3c2C/C=C\CC=CC3)n1. The van der Waals surface area contributed by atoms with E-state index in [-0.39, 0.29) is 0 Å². The first-order chi connectivity index (χ1) is 26.7. The highest BCUT2D eigenvalue weighted by Gasteiger charge is 2.25. The predicted molar refractivity (Wildman–Crippen MR) is 228 cm³/mol. The Morgan fingerprint density at radius 1 is 0.909 bits per heavy atom. The van der Waals surface area contributed by atoms with Gasteiger partial charge in [-0.1, -0.05) is 63.6 Å². The molecule has 2 aliphatic rings. The Hall–Kier alpha value is -5.44. The number of amidine groups is 1. The van der Waals surface area contributed by atoms with Gasteiger partial charge in [-0.25, -0.2) is 15.0 Å². The van der Waals surface area contributed by atoms with Gasteiger partial charge in [-0.15, -0.1) is 0 Å². The van der Waals surface area contributed by atoms with Gasteiger partial charge >= 0.3 is 0 Å². The molecule has 0 spiro atoms. The summed E-state index contributed by atoms with van der Waals surface area (Å²) in [5.41, 5.74) is 10.4. The van der Waals surface area contributed by atoms with E-state index >= 15 is 0 Å². The summed E-state index contributed by atoms with van der Waals surface area (Å²) in [5.74, 6) is 3.79. The van der Waals surface area contributed by atoms with Gasteiger partial charge in [-0.2, -0.15) is 15.0 Å². The Kier molecular flexibility index (Phi) is 13.0. The van der Waals surface area contributed by atoms with E-state index in [9.17, 15) is 0 Å². The highest BCUT2D eigenvalue weighted by molar-refractivity contribution is 6.01. The highest BCUT2D eigenvalue weighted by atomic mass is 15.3. The van der Waals surface area contributed by atoms with Gasteiger partial charge in [0.25, 0.3) is 0 Å². The van der Waals surface area contributed by atoms with E-state index in [2.05, 4.69) is 141 Å². The van der Waals surface area contributed by atoms with Crippen LogP contribution in [-0.4, -0.2) is 60.9 Å². The summed E-state index contributed by atoms with van der Waals surface area (Å²) in [6.07, 6.45) is 28.6. The average molecular weight is 736 g/mol. The van der Waals surface area contributed by atoms with Crippen molar-refractivity contribution in [3.8, 4) is 28.7 Å². The van der Waals surface area contributed by atoms with Gasteiger partial charge in [-0.05, 0) is 112 Å². The van der Waals surface area contributed by atoms with Gasteiger partial charge in [0.15, 0.2) is 11.6 Å². The molecule has 1 aromatic carbocycles. The summed E-state index contributed by atoms with van der Waals surface area (Å²) in [7, 11) is 4.20. The Morgan fingerprint density at radius 3 is 2.35 bits per heavy atom. The van der Waals surface area contributed by atoms with Crippen molar-refractivity contribution in [2.45, 2.75) is 92.9 Å². The van der Waals surface area contributed by atoms with Crippen molar-refractivity contribution in [2.24, 2.45) is 10.9 Å². The average Bonchev–Trinajstić information content (AvgIpc) is 3.51. The molecule has 0 saturated heterocycles. The van der Waals surface area contributed by atoms with Crippen molar-refractivity contribution in [3.05, 3.63) is 125 Å². The molecular weight excluding hydrogens is 679 g/mol. The van der Waals surface area contributed by atoms with Crippen LogP contribution in [0.5, 0.6) is 0 Å². The topological polar surface area (TPSA) is 88.2 Å². The van der Waals surface area contributed by atoms with E-state index in [4.69, 9.17) is 19.9 Å². The number of aromatic nitrogens is 6. The lowest BCUT2D eigenvalue weighted by molar-refractivity contribution is 0.557. The number of nitrogens with zero attached hydrogens (tertiary/aromatic N) is 9. The molecule has 0 N–H and O–H groups in total. The summed E-state index contributed by atoms with van der Waals surface area (Å²) in [6.45, 7) is 14.2. The fourth-order valence-corrected chi connectivity index (χ4v) is 7.86. The zero-order valence-electron chi connectivity index (χ0n) is 34.0. The van der Waals surface area contributed by atoms with Crippen LogP contribution in [0.15, 0.2) is 102 Å². The van der Waals surface area contributed by atoms with E-state index in [1.54, 1.807) is 12.4 Å². The molecule has 0 saturated carbocycles. The molecule has 1 unspecified atom stereocenters. The molecule has 4 aromatic rings. The quantitative estimate of drug-likeness (QED) is 0.126. The summed E-state index contributed by atoms with van der Waals surface area (Å²) in [6, 6.07) is 8.19. The molecule has 0 radical (unpaired) electrons. The maximum absolute atomic E-state index is 5.37. The van der Waals surface area contributed by atoms with Crippen LogP contribution >= 0.6 is 0 Å². The second-order valence-corrected chi connectivity index (χ2v) is 14.6. The molecule has 1 aliphatic carbocycles. The Bertz CT molecular complexity index is 2150. The number of likely N-dealkylation sites (N-methyl/N-ethyl adjacent to an activating group) is 1. The minimum atomic E-state index is 0.448. The molecule has 0 fully saturated rings. The summed E-state index contributed by atoms with van der Waals surface area (Å²) < 4.78 is 2.27. The van der Waals surface area contributed by atoms with Crippen LogP contribution in [0.1, 0.15) is 94.3 Å². The van der Waals surface area contributed by atoms with Crippen molar-refractivity contribution < 1.29 is 0 Å². The van der Waals surface area contributed by atoms with Crippen molar-refractivity contribution >= 4 is 11.8 Å². The number of hydrogen-bond acceptors (Lipinski definition) is 8. The molecule has 6 rings (SSSR count). The molecule has 0 amide bonds. The molecule has 1 atom stereocenters. The summed E-state index contributed by atoms with van der Waals surface area (Å²) in [4.78, 5) is 34.5. The third-order valence-electron chi connectivity index (χ3n) is 10.9. The van der Waals surface area contributed by atoms with Gasteiger partial charge in [0.05, 0.1) is 0 Å². The second-order valence-electron chi connectivity index (χ2n) is 14.6. The minimum Gasteiger partial charge on any atom is -0.355 e. The molecular formula is C46H57N9. The highest BCUT2D eigenvalue weighted by Crippen LogP contribution is 2.34. The minimum absolute atomic E-state index is 0.448. The summed E-state index contributed by atoms with van der Waals surface area (Å²) in [5, 5.41) is 0. The standard InChI is InChI=1S/C46H57N9/c1-9-12-16-23-40(38(11-3)32(4)21-10-2)54(8)45-50-43(51-46(52-45)55-34(6)33(5)39-22-17-14-13-15-18-24-41(39)55)36-29-35(42-47-25-19-26-48-42)30-37(31-36)44-49-27-20-28-53(44)7/h9,12,14-15,17-20,25-27,29-32H,10-11,13,16,21-24,28H2,1-8H3/b12-9?,17-14?,18-15-,40-38-. The van der Waals surface area contributed by atoms with E-state index in [0.717, 1.165) is 86.1 Å². The molecule has 286 valence electrons. The van der Waals surface area contributed by atoms with Crippen LogP contribution in [0.4, 0.5) is 5.95 Å².